The number of rotatable bonds is 0. The van der Waals surface area contributed by atoms with Crippen LogP contribution in [0.4, 0.5) is 0 Å². The van der Waals surface area contributed by atoms with E-state index < -0.39 is 0 Å². The van der Waals surface area contributed by atoms with Gasteiger partial charge < -0.3 is 0 Å². The molecule has 1 heterocycles. The van der Waals surface area contributed by atoms with Crippen molar-refractivity contribution in [2.75, 3.05) is 5.75 Å². The summed E-state index contributed by atoms with van der Waals surface area (Å²) >= 11 is 4.67. The molecule has 0 N–H and O–H groups in total. The summed E-state index contributed by atoms with van der Waals surface area (Å²) in [4.78, 5) is 0. The van der Waals surface area contributed by atoms with Crippen LogP contribution in [0.1, 0.15) is 0 Å². The Morgan fingerprint density at radius 2 is 2.83 bits per heavy atom. The fraction of sp³-hybridized carbons (Fsp3) is 0.333. The van der Waals surface area contributed by atoms with Crippen LogP contribution >= 0.6 is 27.9 Å². The largest absolute Gasteiger partial charge is 0.213 e. The van der Waals surface area contributed by atoms with Gasteiger partial charge in [0.25, 0.3) is 0 Å². The molecule has 0 spiro atoms. The van der Waals surface area contributed by atoms with Crippen molar-refractivity contribution < 1.29 is 0 Å². The van der Waals surface area contributed by atoms with Crippen LogP contribution in [0.15, 0.2) is 4.40 Å². The lowest BCUT2D eigenvalue weighted by Crippen LogP contribution is -1.77. The van der Waals surface area contributed by atoms with Crippen molar-refractivity contribution in [3.05, 3.63) is 6.42 Å². The van der Waals surface area contributed by atoms with Crippen molar-refractivity contribution in [1.82, 2.24) is 0 Å². The van der Waals surface area contributed by atoms with Crippen molar-refractivity contribution in [1.29, 1.82) is 0 Å². The van der Waals surface area contributed by atoms with E-state index in [9.17, 15) is 0 Å². The SMILES string of the molecule is BrC1=NSC[C]1. The van der Waals surface area contributed by atoms with Crippen LogP contribution in [0.5, 0.6) is 0 Å². The molecule has 0 saturated carbocycles. The van der Waals surface area contributed by atoms with E-state index in [2.05, 4.69) is 26.7 Å². The molecular formula is C3H2BrNS. The topological polar surface area (TPSA) is 12.4 Å². The fourth-order valence-electron chi connectivity index (χ4n) is 0.213. The molecule has 6 heavy (non-hydrogen) atoms. The van der Waals surface area contributed by atoms with Gasteiger partial charge in [-0.1, -0.05) is 0 Å². The summed E-state index contributed by atoms with van der Waals surface area (Å²) in [7, 11) is 0. The van der Waals surface area contributed by atoms with Gasteiger partial charge in [0.15, 0.2) is 0 Å². The first-order valence-electron chi connectivity index (χ1n) is 1.49. The summed E-state index contributed by atoms with van der Waals surface area (Å²) in [6.45, 7) is 0. The Bertz CT molecular complexity index is 80.9. The van der Waals surface area contributed by atoms with Crippen LogP contribution in [0.2, 0.25) is 0 Å². The summed E-state index contributed by atoms with van der Waals surface area (Å²) < 4.78 is 4.73. The van der Waals surface area contributed by atoms with Gasteiger partial charge in [-0.15, -0.1) is 0 Å². The molecule has 0 atom stereocenters. The second-order valence-corrected chi connectivity index (χ2v) is 2.31. The van der Waals surface area contributed by atoms with Crippen molar-refractivity contribution in [2.24, 2.45) is 4.40 Å². The minimum Gasteiger partial charge on any atom is -0.213 e. The standard InChI is InChI=1S/C3H2BrNS/c4-3-1-2-6-5-3/h2H2. The first-order valence-corrected chi connectivity index (χ1v) is 3.22. The summed E-state index contributed by atoms with van der Waals surface area (Å²) in [5.74, 6) is 0.903. The van der Waals surface area contributed by atoms with Crippen LogP contribution in [0.25, 0.3) is 0 Å². The van der Waals surface area contributed by atoms with Gasteiger partial charge in [-0.05, 0) is 27.9 Å². The molecule has 1 aliphatic heterocycles. The Kier molecular flexibility index (Phi) is 1.54. The Morgan fingerprint density at radius 1 is 2.00 bits per heavy atom. The summed E-state index contributed by atoms with van der Waals surface area (Å²) in [6, 6.07) is 0. The van der Waals surface area contributed by atoms with Gasteiger partial charge in [0, 0.05) is 5.75 Å². The number of halogens is 1. The van der Waals surface area contributed by atoms with E-state index in [4.69, 9.17) is 0 Å². The zero-order chi connectivity index (χ0) is 4.41. The molecule has 0 aromatic carbocycles. The average Bonchev–Trinajstić information content (AvgIpc) is 1.86. The smallest absolute Gasteiger partial charge is 0.100 e. The molecule has 1 rings (SSSR count). The maximum absolute atomic E-state index is 3.88. The summed E-state index contributed by atoms with van der Waals surface area (Å²) in [5.41, 5.74) is 0. The van der Waals surface area contributed by atoms with Gasteiger partial charge >= 0.3 is 0 Å². The van der Waals surface area contributed by atoms with Gasteiger partial charge in [0.1, 0.15) is 4.62 Å². The zero-order valence-corrected chi connectivity index (χ0v) is 5.34. The molecule has 0 amide bonds. The maximum atomic E-state index is 3.88. The third-order valence-corrected chi connectivity index (χ3v) is 1.70. The summed E-state index contributed by atoms with van der Waals surface area (Å²) in [5, 5.41) is 0. The van der Waals surface area contributed by atoms with E-state index in [1.54, 1.807) is 0 Å². The molecule has 32 valence electrons. The molecule has 2 radical (unpaired) electrons. The number of hydrogen-bond donors (Lipinski definition) is 0. The molecule has 0 aromatic rings. The second-order valence-electron chi connectivity index (χ2n) is 0.832. The van der Waals surface area contributed by atoms with Crippen molar-refractivity contribution >= 4 is 32.5 Å². The van der Waals surface area contributed by atoms with Gasteiger partial charge in [-0.25, -0.2) is 4.40 Å². The predicted octanol–water partition coefficient (Wildman–Crippen LogP) is 1.52. The summed E-state index contributed by atoms with van der Waals surface area (Å²) in [6.07, 6.45) is 2.95. The first kappa shape index (κ1) is 4.65. The molecule has 3 heteroatoms. The molecule has 0 bridgehead atoms. The zero-order valence-electron chi connectivity index (χ0n) is 2.94. The molecule has 0 saturated heterocycles. The first-order chi connectivity index (χ1) is 2.89. The highest BCUT2D eigenvalue weighted by Crippen LogP contribution is 2.16. The molecule has 1 nitrogen and oxygen atoms in total. The highest BCUT2D eigenvalue weighted by Gasteiger charge is 2.01. The second kappa shape index (κ2) is 1.98. The average molecular weight is 164 g/mol. The molecule has 0 unspecified atom stereocenters. The van der Waals surface area contributed by atoms with E-state index >= 15 is 0 Å². The monoisotopic (exact) mass is 163 g/mol. The molecule has 1 aliphatic rings. The van der Waals surface area contributed by atoms with Gasteiger partial charge in [-0.2, -0.15) is 0 Å². The Morgan fingerprint density at radius 3 is 3.00 bits per heavy atom. The molecular weight excluding hydrogens is 162 g/mol. The minimum atomic E-state index is 0.854. The lowest BCUT2D eigenvalue weighted by atomic mass is 10.5. The van der Waals surface area contributed by atoms with Crippen LogP contribution in [0.3, 0.4) is 0 Å². The highest BCUT2D eigenvalue weighted by atomic mass is 79.9. The molecule has 0 aromatic heterocycles. The quantitative estimate of drug-likeness (QED) is 0.494. The molecule has 0 aliphatic carbocycles. The Balaban J connectivity index is 2.45. The van der Waals surface area contributed by atoms with Crippen molar-refractivity contribution in [3.63, 3.8) is 0 Å². The van der Waals surface area contributed by atoms with Crippen molar-refractivity contribution in [3.8, 4) is 0 Å². The van der Waals surface area contributed by atoms with Crippen LogP contribution in [0, 0.1) is 6.42 Å². The minimum absolute atomic E-state index is 0.854. The van der Waals surface area contributed by atoms with E-state index in [0.29, 0.717) is 0 Å². The Labute approximate surface area is 49.5 Å². The predicted molar refractivity (Wildman–Crippen MR) is 32.1 cm³/mol. The van der Waals surface area contributed by atoms with Crippen LogP contribution in [-0.2, 0) is 0 Å². The van der Waals surface area contributed by atoms with Crippen LogP contribution in [-0.4, -0.2) is 10.4 Å². The van der Waals surface area contributed by atoms with Gasteiger partial charge in [-0.3, -0.25) is 0 Å². The number of hydrogen-bond acceptors (Lipinski definition) is 2. The van der Waals surface area contributed by atoms with E-state index in [1.807, 2.05) is 0 Å². The normalized spacial score (nSPS) is 21.2. The number of nitrogens with zero attached hydrogens (tertiary/aromatic N) is 1. The van der Waals surface area contributed by atoms with Crippen LogP contribution < -0.4 is 0 Å². The van der Waals surface area contributed by atoms with Gasteiger partial charge in [0.05, 0.1) is 6.42 Å². The lowest BCUT2D eigenvalue weighted by Gasteiger charge is -1.69. The van der Waals surface area contributed by atoms with Crippen molar-refractivity contribution in [2.45, 2.75) is 0 Å². The highest BCUT2D eigenvalue weighted by molar-refractivity contribution is 9.18. The van der Waals surface area contributed by atoms with Gasteiger partial charge in [0.2, 0.25) is 0 Å². The third kappa shape index (κ3) is 0.980. The van der Waals surface area contributed by atoms with E-state index in [1.165, 1.54) is 11.9 Å². The Hall–Kier alpha value is 0.500. The third-order valence-electron chi connectivity index (χ3n) is 0.427. The lowest BCUT2D eigenvalue weighted by molar-refractivity contribution is 1.74. The van der Waals surface area contributed by atoms with E-state index in [0.717, 1.165) is 10.4 Å². The fourth-order valence-corrected chi connectivity index (χ4v) is 1.29. The molecule has 0 fully saturated rings. The van der Waals surface area contributed by atoms with E-state index in [-0.39, 0.29) is 0 Å². The maximum Gasteiger partial charge on any atom is 0.100 e.